The summed E-state index contributed by atoms with van der Waals surface area (Å²) >= 11 is 0. The lowest BCUT2D eigenvalue weighted by Crippen LogP contribution is -2.50. The highest BCUT2D eigenvalue weighted by atomic mass is 16.2. The number of nitrogens with one attached hydrogen (secondary N) is 3. The van der Waals surface area contributed by atoms with Crippen LogP contribution in [0.4, 0.5) is 10.5 Å². The number of para-hydroxylation sites is 1. The third-order valence-corrected chi connectivity index (χ3v) is 6.63. The lowest BCUT2D eigenvalue weighted by molar-refractivity contribution is -0.133. The first-order valence-corrected chi connectivity index (χ1v) is 12.3. The molecule has 2 aliphatic rings. The quantitative estimate of drug-likeness (QED) is 0.523. The standard InChI is InChI=1S/C25H39N5O3/c1-19-8-6-9-20(2)24(19)28-22(31)18-29-14-16-30(17-15-29)23(32)12-7-13-26-25(33)27-21-10-4-3-5-11-21/h6,8-9,21H,3-5,7,10-18H2,1-2H3,(H,28,31)(H2,26,27,33). The number of nitrogens with zero attached hydrogens (tertiary/aromatic N) is 2. The van der Waals surface area contributed by atoms with Gasteiger partial charge in [-0.3, -0.25) is 14.5 Å². The lowest BCUT2D eigenvalue weighted by atomic mass is 9.96. The Labute approximate surface area is 197 Å². The van der Waals surface area contributed by atoms with Gasteiger partial charge in [0.25, 0.3) is 0 Å². The molecule has 0 spiro atoms. The summed E-state index contributed by atoms with van der Waals surface area (Å²) in [5.41, 5.74) is 3.00. The van der Waals surface area contributed by atoms with Crippen LogP contribution in [0, 0.1) is 13.8 Å². The number of benzene rings is 1. The molecule has 1 heterocycles. The van der Waals surface area contributed by atoms with Gasteiger partial charge < -0.3 is 20.9 Å². The van der Waals surface area contributed by atoms with Crippen LogP contribution in [0.25, 0.3) is 0 Å². The molecule has 2 fully saturated rings. The topological polar surface area (TPSA) is 93.8 Å². The van der Waals surface area contributed by atoms with E-state index in [2.05, 4.69) is 20.9 Å². The van der Waals surface area contributed by atoms with Gasteiger partial charge in [-0.2, -0.15) is 0 Å². The van der Waals surface area contributed by atoms with Crippen LogP contribution >= 0.6 is 0 Å². The fourth-order valence-corrected chi connectivity index (χ4v) is 4.63. The smallest absolute Gasteiger partial charge is 0.315 e. The van der Waals surface area contributed by atoms with Crippen LogP contribution in [-0.2, 0) is 9.59 Å². The molecule has 0 bridgehead atoms. The number of rotatable bonds is 8. The Morgan fingerprint density at radius 3 is 2.30 bits per heavy atom. The molecule has 3 rings (SSSR count). The molecule has 33 heavy (non-hydrogen) atoms. The lowest BCUT2D eigenvalue weighted by Gasteiger charge is -2.34. The maximum atomic E-state index is 12.5. The number of aryl methyl sites for hydroxylation is 2. The Kier molecular flexibility index (Phi) is 9.54. The van der Waals surface area contributed by atoms with Crippen molar-refractivity contribution in [3.63, 3.8) is 0 Å². The maximum Gasteiger partial charge on any atom is 0.315 e. The SMILES string of the molecule is Cc1cccc(C)c1NC(=O)CN1CCN(C(=O)CCCNC(=O)NC2CCCCC2)CC1. The third kappa shape index (κ3) is 8.03. The summed E-state index contributed by atoms with van der Waals surface area (Å²) < 4.78 is 0. The Bertz CT molecular complexity index is 794. The molecule has 1 aromatic rings. The fraction of sp³-hybridized carbons (Fsp3) is 0.640. The maximum absolute atomic E-state index is 12.5. The highest BCUT2D eigenvalue weighted by Gasteiger charge is 2.22. The average Bonchev–Trinajstić information content (AvgIpc) is 2.80. The molecule has 1 aliphatic carbocycles. The Hall–Kier alpha value is -2.61. The molecule has 1 aliphatic heterocycles. The van der Waals surface area contributed by atoms with Crippen molar-refractivity contribution in [2.45, 2.75) is 64.8 Å². The second kappa shape index (κ2) is 12.6. The minimum absolute atomic E-state index is 0.0234. The second-order valence-electron chi connectivity index (χ2n) is 9.31. The molecular formula is C25H39N5O3. The summed E-state index contributed by atoms with van der Waals surface area (Å²) in [7, 11) is 0. The molecule has 0 atom stereocenters. The van der Waals surface area contributed by atoms with Crippen LogP contribution in [0.2, 0.25) is 0 Å². The zero-order valence-electron chi connectivity index (χ0n) is 20.1. The Morgan fingerprint density at radius 1 is 0.970 bits per heavy atom. The molecule has 182 valence electrons. The monoisotopic (exact) mass is 457 g/mol. The van der Waals surface area contributed by atoms with Crippen LogP contribution < -0.4 is 16.0 Å². The van der Waals surface area contributed by atoms with Crippen molar-refractivity contribution in [1.82, 2.24) is 20.4 Å². The van der Waals surface area contributed by atoms with Gasteiger partial charge in [0.05, 0.1) is 6.54 Å². The molecule has 4 amide bonds. The number of carbonyl (C=O) groups excluding carboxylic acids is 3. The first kappa shape index (κ1) is 25.0. The molecular weight excluding hydrogens is 418 g/mol. The van der Waals surface area contributed by atoms with Gasteiger partial charge in [-0.1, -0.05) is 37.5 Å². The van der Waals surface area contributed by atoms with Crippen LogP contribution in [0.3, 0.4) is 0 Å². The minimum atomic E-state index is -0.123. The largest absolute Gasteiger partial charge is 0.340 e. The average molecular weight is 458 g/mol. The van der Waals surface area contributed by atoms with E-state index in [4.69, 9.17) is 0 Å². The summed E-state index contributed by atoms with van der Waals surface area (Å²) in [6, 6.07) is 6.14. The highest BCUT2D eigenvalue weighted by Crippen LogP contribution is 2.19. The van der Waals surface area contributed by atoms with Crippen LogP contribution in [0.15, 0.2) is 18.2 Å². The predicted molar refractivity (Wildman–Crippen MR) is 130 cm³/mol. The normalized spacial score (nSPS) is 17.5. The van der Waals surface area contributed by atoms with Crippen molar-refractivity contribution >= 4 is 23.5 Å². The number of amides is 4. The van der Waals surface area contributed by atoms with E-state index in [1.807, 2.05) is 36.9 Å². The van der Waals surface area contributed by atoms with Crippen molar-refractivity contribution in [3.05, 3.63) is 29.3 Å². The summed E-state index contributed by atoms with van der Waals surface area (Å²) in [5, 5.41) is 8.93. The van der Waals surface area contributed by atoms with Crippen molar-refractivity contribution in [2.75, 3.05) is 44.6 Å². The van der Waals surface area contributed by atoms with E-state index in [1.165, 1.54) is 19.3 Å². The van der Waals surface area contributed by atoms with Gasteiger partial charge in [0.1, 0.15) is 0 Å². The minimum Gasteiger partial charge on any atom is -0.340 e. The summed E-state index contributed by atoms with van der Waals surface area (Å²) in [5.74, 6) is 0.0916. The number of urea groups is 1. The molecule has 0 aromatic heterocycles. The molecule has 8 heteroatoms. The molecule has 1 aromatic carbocycles. The van der Waals surface area contributed by atoms with Gasteiger partial charge in [0.15, 0.2) is 0 Å². The highest BCUT2D eigenvalue weighted by molar-refractivity contribution is 5.93. The van der Waals surface area contributed by atoms with Crippen molar-refractivity contribution in [3.8, 4) is 0 Å². The first-order chi connectivity index (χ1) is 15.9. The summed E-state index contributed by atoms with van der Waals surface area (Å²) in [6.07, 6.45) is 6.81. The van der Waals surface area contributed by atoms with E-state index < -0.39 is 0 Å². The first-order valence-electron chi connectivity index (χ1n) is 12.3. The van der Waals surface area contributed by atoms with E-state index in [0.717, 1.165) is 29.7 Å². The van der Waals surface area contributed by atoms with Gasteiger partial charge in [0.2, 0.25) is 11.8 Å². The number of hydrogen-bond acceptors (Lipinski definition) is 4. The van der Waals surface area contributed by atoms with Gasteiger partial charge in [-0.25, -0.2) is 4.79 Å². The van der Waals surface area contributed by atoms with Gasteiger partial charge in [-0.05, 0) is 44.2 Å². The van der Waals surface area contributed by atoms with Gasteiger partial charge in [0, 0.05) is 50.9 Å². The predicted octanol–water partition coefficient (Wildman–Crippen LogP) is 2.80. The number of anilines is 1. The van der Waals surface area contributed by atoms with Crippen LogP contribution in [0.1, 0.15) is 56.1 Å². The van der Waals surface area contributed by atoms with Gasteiger partial charge in [-0.15, -0.1) is 0 Å². The molecule has 3 N–H and O–H groups in total. The number of carbonyl (C=O) groups is 3. The number of piperazine rings is 1. The second-order valence-corrected chi connectivity index (χ2v) is 9.31. The fourth-order valence-electron chi connectivity index (χ4n) is 4.63. The van der Waals surface area contributed by atoms with Crippen LogP contribution in [-0.4, -0.2) is 73.0 Å². The third-order valence-electron chi connectivity index (χ3n) is 6.63. The molecule has 1 saturated heterocycles. The van der Waals surface area contributed by atoms with E-state index in [-0.39, 0.29) is 17.8 Å². The van der Waals surface area contributed by atoms with Crippen molar-refractivity contribution in [2.24, 2.45) is 0 Å². The molecule has 0 unspecified atom stereocenters. The van der Waals surface area contributed by atoms with Crippen molar-refractivity contribution in [1.29, 1.82) is 0 Å². The molecule has 8 nitrogen and oxygen atoms in total. The van der Waals surface area contributed by atoms with E-state index in [9.17, 15) is 14.4 Å². The van der Waals surface area contributed by atoms with E-state index in [0.29, 0.717) is 58.2 Å². The van der Waals surface area contributed by atoms with E-state index >= 15 is 0 Å². The zero-order valence-corrected chi connectivity index (χ0v) is 20.1. The summed E-state index contributed by atoms with van der Waals surface area (Å²) in [4.78, 5) is 40.9. The Balaban J connectivity index is 1.28. The summed E-state index contributed by atoms with van der Waals surface area (Å²) in [6.45, 7) is 7.45. The molecule has 1 saturated carbocycles. The van der Waals surface area contributed by atoms with Crippen LogP contribution in [0.5, 0.6) is 0 Å². The zero-order chi connectivity index (χ0) is 23.6. The molecule has 0 radical (unpaired) electrons. The van der Waals surface area contributed by atoms with Gasteiger partial charge >= 0.3 is 6.03 Å². The van der Waals surface area contributed by atoms with E-state index in [1.54, 1.807) is 0 Å². The Morgan fingerprint density at radius 2 is 1.64 bits per heavy atom. The van der Waals surface area contributed by atoms with Crippen molar-refractivity contribution < 1.29 is 14.4 Å². The number of hydrogen-bond donors (Lipinski definition) is 3.